The first-order valence-electron chi connectivity index (χ1n) is 9.71. The van der Waals surface area contributed by atoms with Crippen LogP contribution in [0.1, 0.15) is 26.7 Å². The number of nitrogens with zero attached hydrogens (tertiary/aromatic N) is 3. The van der Waals surface area contributed by atoms with Crippen molar-refractivity contribution in [3.05, 3.63) is 48.8 Å². The summed E-state index contributed by atoms with van der Waals surface area (Å²) in [6.07, 6.45) is 5.80. The Balaban J connectivity index is 0.000000215. The maximum Gasteiger partial charge on any atom is 0.167 e. The predicted octanol–water partition coefficient (Wildman–Crippen LogP) is 3.61. The van der Waals surface area contributed by atoms with E-state index in [2.05, 4.69) is 20.0 Å². The lowest BCUT2D eigenvalue weighted by atomic mass is 10.2. The lowest BCUT2D eigenvalue weighted by molar-refractivity contribution is -0.0827. The molecule has 1 aliphatic rings. The summed E-state index contributed by atoms with van der Waals surface area (Å²) in [5.41, 5.74) is 0. The van der Waals surface area contributed by atoms with Gasteiger partial charge in [-0.1, -0.05) is 40.8 Å². The fourth-order valence-corrected chi connectivity index (χ4v) is 4.89. The van der Waals surface area contributed by atoms with Crippen LogP contribution >= 0.6 is 23.5 Å². The topological polar surface area (TPSA) is 97.1 Å². The van der Waals surface area contributed by atoms with E-state index in [9.17, 15) is 10.2 Å². The summed E-state index contributed by atoms with van der Waals surface area (Å²) < 4.78 is 5.25. The zero-order valence-corrected chi connectivity index (χ0v) is 19.0. The predicted molar refractivity (Wildman–Crippen MR) is 121 cm³/mol. The molecule has 2 N–H and O–H groups in total. The molecule has 2 aromatic rings. The highest BCUT2D eigenvalue weighted by Gasteiger charge is 2.32. The van der Waals surface area contributed by atoms with Crippen LogP contribution in [0.5, 0.6) is 0 Å². The summed E-state index contributed by atoms with van der Waals surface area (Å²) in [4.78, 5) is 13.1. The Morgan fingerprint density at radius 2 is 1.90 bits per heavy atom. The number of rotatable bonds is 8. The molecule has 1 aliphatic heterocycles. The maximum absolute atomic E-state index is 9.55. The molecule has 0 radical (unpaired) electrons. The lowest BCUT2D eigenvalue weighted by Gasteiger charge is -2.12. The largest absolute Gasteiger partial charge is 0.399 e. The fourth-order valence-electron chi connectivity index (χ4n) is 2.68. The molecule has 1 saturated heterocycles. The molecule has 0 aliphatic carbocycles. The van der Waals surface area contributed by atoms with Crippen LogP contribution in [0.3, 0.4) is 0 Å². The molecule has 1 fully saturated rings. The zero-order chi connectivity index (χ0) is 21.8. The summed E-state index contributed by atoms with van der Waals surface area (Å²) in [7, 11) is 1.50. The Bertz CT molecular complexity index is 738. The zero-order valence-electron chi connectivity index (χ0n) is 17.4. The van der Waals surface area contributed by atoms with Crippen molar-refractivity contribution in [2.45, 2.75) is 65.7 Å². The third-order valence-electron chi connectivity index (χ3n) is 3.98. The normalized spacial score (nSPS) is 22.9. The smallest absolute Gasteiger partial charge is 0.167 e. The second kappa shape index (κ2) is 13.6. The van der Waals surface area contributed by atoms with E-state index in [1.165, 1.54) is 7.11 Å². The van der Waals surface area contributed by atoms with Crippen LogP contribution in [-0.2, 0) is 9.57 Å². The first-order chi connectivity index (χ1) is 14.5. The van der Waals surface area contributed by atoms with Gasteiger partial charge in [0, 0.05) is 12.4 Å². The van der Waals surface area contributed by atoms with Crippen LogP contribution in [0, 0.1) is 0 Å². The molecule has 0 aromatic carbocycles. The van der Waals surface area contributed by atoms with E-state index in [1.54, 1.807) is 49.1 Å². The van der Waals surface area contributed by atoms with Gasteiger partial charge in [-0.05, 0) is 51.0 Å². The first kappa shape index (κ1) is 24.6. The summed E-state index contributed by atoms with van der Waals surface area (Å²) in [5.74, 6) is 0. The van der Waals surface area contributed by atoms with E-state index in [1.807, 2.05) is 43.3 Å². The third-order valence-corrected chi connectivity index (χ3v) is 6.29. The van der Waals surface area contributed by atoms with Crippen LogP contribution in [-0.4, -0.2) is 62.5 Å². The van der Waals surface area contributed by atoms with E-state index >= 15 is 0 Å². The average molecular weight is 452 g/mol. The van der Waals surface area contributed by atoms with Gasteiger partial charge in [0.1, 0.15) is 7.11 Å². The van der Waals surface area contributed by atoms with Gasteiger partial charge in [0.2, 0.25) is 0 Å². The van der Waals surface area contributed by atoms with E-state index < -0.39 is 6.29 Å². The first-order valence-corrected chi connectivity index (χ1v) is 11.5. The van der Waals surface area contributed by atoms with Crippen molar-refractivity contribution in [2.75, 3.05) is 7.11 Å². The Labute approximate surface area is 186 Å². The van der Waals surface area contributed by atoms with Crippen molar-refractivity contribution in [3.8, 4) is 0 Å². The van der Waals surface area contributed by atoms with Gasteiger partial charge in [-0.2, -0.15) is 0 Å². The molecule has 0 spiro atoms. The summed E-state index contributed by atoms with van der Waals surface area (Å²) in [6.45, 7) is 3.73. The van der Waals surface area contributed by atoms with Crippen molar-refractivity contribution in [1.82, 2.24) is 9.97 Å². The molecule has 164 valence electrons. The molecular formula is C21H29N3O4S2. The van der Waals surface area contributed by atoms with Crippen molar-refractivity contribution in [1.29, 1.82) is 0 Å². The van der Waals surface area contributed by atoms with Crippen molar-refractivity contribution >= 4 is 29.7 Å². The molecule has 3 rings (SSSR count). The minimum atomic E-state index is -0.656. The van der Waals surface area contributed by atoms with Gasteiger partial charge < -0.3 is 19.8 Å². The summed E-state index contributed by atoms with van der Waals surface area (Å²) in [5, 5.41) is 24.7. The minimum Gasteiger partial charge on any atom is -0.399 e. The number of pyridine rings is 2. The van der Waals surface area contributed by atoms with E-state index in [4.69, 9.17) is 4.74 Å². The van der Waals surface area contributed by atoms with E-state index in [0.29, 0.717) is 6.42 Å². The minimum absolute atomic E-state index is 0.0647. The SMILES string of the molecule is CC1CC(Sc2ccccn2)C(O)O1.CO/N=C/C(CC(C)O)Sc1ccccn1. The monoisotopic (exact) mass is 451 g/mol. The maximum atomic E-state index is 9.55. The highest BCUT2D eigenvalue weighted by molar-refractivity contribution is 8.00. The Morgan fingerprint density at radius 1 is 1.23 bits per heavy atom. The second-order valence-corrected chi connectivity index (χ2v) is 9.26. The lowest BCUT2D eigenvalue weighted by Crippen LogP contribution is -2.16. The third kappa shape index (κ3) is 9.44. The van der Waals surface area contributed by atoms with Crippen molar-refractivity contribution in [2.24, 2.45) is 5.16 Å². The second-order valence-electron chi connectivity index (χ2n) is 6.74. The molecule has 3 heterocycles. The highest BCUT2D eigenvalue weighted by atomic mass is 32.2. The fraction of sp³-hybridized carbons (Fsp3) is 0.476. The average Bonchev–Trinajstić information content (AvgIpc) is 3.04. The molecule has 5 unspecified atom stereocenters. The molecule has 30 heavy (non-hydrogen) atoms. The molecule has 2 aromatic heterocycles. The highest BCUT2D eigenvalue weighted by Crippen LogP contribution is 2.33. The quantitative estimate of drug-likeness (QED) is 0.357. The number of thioether (sulfide) groups is 2. The Hall–Kier alpha value is -1.65. The molecule has 0 amide bonds. The van der Waals surface area contributed by atoms with Crippen LogP contribution < -0.4 is 0 Å². The van der Waals surface area contributed by atoms with Gasteiger partial charge in [0.25, 0.3) is 0 Å². The Morgan fingerprint density at radius 3 is 2.40 bits per heavy atom. The molecule has 9 heteroatoms. The number of oxime groups is 1. The number of aromatic nitrogens is 2. The molecule has 0 saturated carbocycles. The van der Waals surface area contributed by atoms with Crippen molar-refractivity contribution < 1.29 is 19.8 Å². The summed E-state index contributed by atoms with van der Waals surface area (Å²) >= 11 is 3.13. The van der Waals surface area contributed by atoms with Gasteiger partial charge in [0.15, 0.2) is 6.29 Å². The van der Waals surface area contributed by atoms with Gasteiger partial charge in [0.05, 0.1) is 39.0 Å². The number of hydrogen-bond acceptors (Lipinski definition) is 9. The number of aliphatic hydroxyl groups excluding tert-OH is 2. The van der Waals surface area contributed by atoms with Crippen LogP contribution in [0.15, 0.2) is 64.0 Å². The summed E-state index contributed by atoms with van der Waals surface area (Å²) in [6, 6.07) is 11.5. The van der Waals surface area contributed by atoms with Crippen molar-refractivity contribution in [3.63, 3.8) is 0 Å². The van der Waals surface area contributed by atoms with E-state index in [0.717, 1.165) is 16.5 Å². The van der Waals surface area contributed by atoms with Gasteiger partial charge in [-0.3, -0.25) is 0 Å². The van der Waals surface area contributed by atoms with Gasteiger partial charge in [-0.15, -0.1) is 0 Å². The number of aliphatic hydroxyl groups is 2. The van der Waals surface area contributed by atoms with Crippen LogP contribution in [0.2, 0.25) is 0 Å². The number of hydrogen-bond donors (Lipinski definition) is 2. The number of ether oxygens (including phenoxy) is 1. The molecule has 5 atom stereocenters. The Kier molecular flexibility index (Phi) is 11.2. The van der Waals surface area contributed by atoms with Gasteiger partial charge in [-0.25, -0.2) is 9.97 Å². The molecule has 0 bridgehead atoms. The van der Waals surface area contributed by atoms with Crippen LogP contribution in [0.4, 0.5) is 0 Å². The van der Waals surface area contributed by atoms with Crippen LogP contribution in [0.25, 0.3) is 0 Å². The molecular weight excluding hydrogens is 422 g/mol. The van der Waals surface area contributed by atoms with Gasteiger partial charge >= 0.3 is 0 Å². The standard InChI is InChI=1S/C11H16N2O2S.C10H13NO2S/c1-9(14)7-10(8-13-15-2)16-11-5-3-4-6-12-11;1-7-6-8(10(12)13-7)14-9-4-2-3-5-11-9/h3-6,8-10,14H,7H2,1-2H3;2-5,7-8,10,12H,6H2,1H3/b13-8+;. The molecule has 7 nitrogen and oxygen atoms in total. The van der Waals surface area contributed by atoms with E-state index in [-0.39, 0.29) is 22.7 Å².